The Hall–Kier alpha value is -3.09. The van der Waals surface area contributed by atoms with Crippen LogP contribution in [-0.4, -0.2) is 19.0 Å². The lowest BCUT2D eigenvalue weighted by Gasteiger charge is -2.21. The number of hydrogen-bond donors (Lipinski definition) is 3. The van der Waals surface area contributed by atoms with Gasteiger partial charge in [0.25, 0.3) is 5.91 Å². The van der Waals surface area contributed by atoms with E-state index in [2.05, 4.69) is 10.6 Å². The summed E-state index contributed by atoms with van der Waals surface area (Å²) in [5, 5.41) is 5.31. The second-order valence-corrected chi connectivity index (χ2v) is 5.84. The minimum absolute atomic E-state index is 0.238. The van der Waals surface area contributed by atoms with E-state index in [1.807, 2.05) is 0 Å². The van der Waals surface area contributed by atoms with Gasteiger partial charge in [0.15, 0.2) is 0 Å². The number of urea groups is 1. The zero-order valence-electron chi connectivity index (χ0n) is 13.8. The average Bonchev–Trinajstić information content (AvgIpc) is 2.95. The van der Waals surface area contributed by atoms with Gasteiger partial charge in [0.1, 0.15) is 23.7 Å². The molecule has 1 aliphatic heterocycles. The Kier molecular flexibility index (Phi) is 4.31. The molecule has 0 bridgehead atoms. The summed E-state index contributed by atoms with van der Waals surface area (Å²) in [5.41, 5.74) is 7.45. The number of carbonyl (C=O) groups excluding carboxylic acids is 2. The summed E-state index contributed by atoms with van der Waals surface area (Å²) < 4.78 is 19.6. The van der Waals surface area contributed by atoms with E-state index in [9.17, 15) is 14.0 Å². The van der Waals surface area contributed by atoms with Gasteiger partial charge in [-0.05, 0) is 36.2 Å². The maximum absolute atomic E-state index is 13.6. The summed E-state index contributed by atoms with van der Waals surface area (Å²) in [6, 6.07) is 8.68. The van der Waals surface area contributed by atoms with E-state index in [1.165, 1.54) is 13.1 Å². The normalized spacial score (nSPS) is 18.2. The lowest BCUT2D eigenvalue weighted by atomic mass is 9.96. The van der Waals surface area contributed by atoms with Crippen LogP contribution >= 0.6 is 0 Å². The van der Waals surface area contributed by atoms with E-state index in [0.717, 1.165) is 0 Å². The van der Waals surface area contributed by atoms with Gasteiger partial charge in [0.05, 0.1) is 5.56 Å². The molecule has 0 fully saturated rings. The third kappa shape index (κ3) is 3.00. The zero-order chi connectivity index (χ0) is 18.1. The highest BCUT2D eigenvalue weighted by Crippen LogP contribution is 2.46. The maximum Gasteiger partial charge on any atom is 0.315 e. The molecule has 0 aliphatic carbocycles. The van der Waals surface area contributed by atoms with Crippen molar-refractivity contribution in [2.45, 2.75) is 19.1 Å². The molecule has 130 valence electrons. The van der Waals surface area contributed by atoms with Crippen LogP contribution < -0.4 is 21.1 Å². The summed E-state index contributed by atoms with van der Waals surface area (Å²) in [5.74, 6) is -0.609. The summed E-state index contributed by atoms with van der Waals surface area (Å²) in [6.07, 6.45) is -0.605. The number of aryl methyl sites for hydroxylation is 1. The van der Waals surface area contributed by atoms with Crippen LogP contribution in [0.3, 0.4) is 0 Å². The van der Waals surface area contributed by atoms with E-state index in [0.29, 0.717) is 22.4 Å². The van der Waals surface area contributed by atoms with Crippen molar-refractivity contribution < 1.29 is 18.7 Å². The molecule has 1 heterocycles. The first-order valence-corrected chi connectivity index (χ1v) is 7.76. The molecule has 0 spiro atoms. The molecule has 1 aliphatic rings. The number of rotatable bonds is 3. The molecule has 0 radical (unpaired) electrons. The highest BCUT2D eigenvalue weighted by Gasteiger charge is 2.38. The van der Waals surface area contributed by atoms with E-state index in [1.54, 1.807) is 37.3 Å². The molecule has 3 amide bonds. The Bertz CT molecular complexity index is 853. The van der Waals surface area contributed by atoms with Gasteiger partial charge in [-0.3, -0.25) is 4.79 Å². The van der Waals surface area contributed by atoms with E-state index >= 15 is 0 Å². The van der Waals surface area contributed by atoms with E-state index in [4.69, 9.17) is 10.5 Å². The van der Waals surface area contributed by atoms with Crippen LogP contribution in [0.1, 0.15) is 39.2 Å². The van der Waals surface area contributed by atoms with Gasteiger partial charge < -0.3 is 21.1 Å². The molecule has 3 rings (SSSR count). The lowest BCUT2D eigenvalue weighted by molar-refractivity contribution is 0.0994. The number of para-hydroxylation sites is 1. The molecule has 2 unspecified atom stereocenters. The molecule has 2 atom stereocenters. The number of amides is 3. The highest BCUT2D eigenvalue weighted by molar-refractivity contribution is 5.96. The Balaban J connectivity index is 2.08. The number of carbonyl (C=O) groups is 2. The Morgan fingerprint density at radius 2 is 2.00 bits per heavy atom. The van der Waals surface area contributed by atoms with Crippen LogP contribution in [0.2, 0.25) is 0 Å². The van der Waals surface area contributed by atoms with Gasteiger partial charge in [-0.15, -0.1) is 0 Å². The Morgan fingerprint density at radius 1 is 1.24 bits per heavy atom. The molecular weight excluding hydrogens is 325 g/mol. The fourth-order valence-corrected chi connectivity index (χ4v) is 2.96. The van der Waals surface area contributed by atoms with Gasteiger partial charge in [-0.1, -0.05) is 18.2 Å². The van der Waals surface area contributed by atoms with Gasteiger partial charge in [0, 0.05) is 12.6 Å². The number of nitrogens with two attached hydrogens (primary N) is 1. The molecular formula is C18H18FN3O3. The molecule has 0 saturated carbocycles. The van der Waals surface area contributed by atoms with Crippen LogP contribution in [-0.2, 0) is 0 Å². The quantitative estimate of drug-likeness (QED) is 0.798. The topological polar surface area (TPSA) is 93.5 Å². The maximum atomic E-state index is 13.6. The van der Waals surface area contributed by atoms with Crippen LogP contribution in [0.25, 0.3) is 0 Å². The molecule has 0 aromatic heterocycles. The van der Waals surface area contributed by atoms with Crippen LogP contribution in [0.15, 0.2) is 36.4 Å². The molecule has 7 heteroatoms. The van der Waals surface area contributed by atoms with Crippen LogP contribution in [0.5, 0.6) is 5.75 Å². The predicted octanol–water partition coefficient (Wildman–Crippen LogP) is 2.34. The average molecular weight is 343 g/mol. The predicted molar refractivity (Wildman–Crippen MR) is 89.8 cm³/mol. The fraction of sp³-hybridized carbons (Fsp3) is 0.222. The van der Waals surface area contributed by atoms with Crippen molar-refractivity contribution in [3.63, 3.8) is 0 Å². The van der Waals surface area contributed by atoms with Gasteiger partial charge >= 0.3 is 6.03 Å². The van der Waals surface area contributed by atoms with Crippen molar-refractivity contribution in [3.8, 4) is 5.75 Å². The first kappa shape index (κ1) is 16.8. The lowest BCUT2D eigenvalue weighted by Crippen LogP contribution is -2.37. The molecule has 6 nitrogen and oxygen atoms in total. The number of fused-ring (bicyclic) bond motifs is 1. The number of halogens is 1. The van der Waals surface area contributed by atoms with Crippen LogP contribution in [0, 0.1) is 12.7 Å². The van der Waals surface area contributed by atoms with Gasteiger partial charge in [-0.25, -0.2) is 9.18 Å². The van der Waals surface area contributed by atoms with Crippen molar-refractivity contribution in [3.05, 3.63) is 64.5 Å². The van der Waals surface area contributed by atoms with Gasteiger partial charge in [-0.2, -0.15) is 0 Å². The van der Waals surface area contributed by atoms with Crippen molar-refractivity contribution >= 4 is 11.9 Å². The second kappa shape index (κ2) is 6.43. The molecule has 2 aromatic rings. The summed E-state index contributed by atoms with van der Waals surface area (Å²) in [6.45, 7) is 1.65. The van der Waals surface area contributed by atoms with Crippen molar-refractivity contribution in [2.24, 2.45) is 5.73 Å². The van der Waals surface area contributed by atoms with Crippen molar-refractivity contribution in [1.29, 1.82) is 0 Å². The molecule has 0 saturated heterocycles. The number of benzene rings is 2. The second-order valence-electron chi connectivity index (χ2n) is 5.84. The third-order valence-corrected chi connectivity index (χ3v) is 4.22. The minimum atomic E-state index is -0.619. The largest absolute Gasteiger partial charge is 0.482 e. The van der Waals surface area contributed by atoms with Crippen molar-refractivity contribution in [2.75, 3.05) is 7.05 Å². The Morgan fingerprint density at radius 3 is 2.64 bits per heavy atom. The standard InChI is InChI=1S/C18H18FN3O3/c1-9-8-10(6-7-13(9)19)15-14(22-18(24)21-2)11-4-3-5-12(17(20)23)16(11)25-15/h3-8,14-15H,1-2H3,(H2,20,23)(H2,21,22,24). The fourth-order valence-electron chi connectivity index (χ4n) is 2.96. The van der Waals surface area contributed by atoms with Crippen molar-refractivity contribution in [1.82, 2.24) is 10.6 Å². The highest BCUT2D eigenvalue weighted by atomic mass is 19.1. The smallest absolute Gasteiger partial charge is 0.315 e. The van der Waals surface area contributed by atoms with Crippen LogP contribution in [0.4, 0.5) is 9.18 Å². The zero-order valence-corrected chi connectivity index (χ0v) is 13.8. The number of primary amides is 1. The molecule has 25 heavy (non-hydrogen) atoms. The third-order valence-electron chi connectivity index (χ3n) is 4.22. The first-order valence-electron chi connectivity index (χ1n) is 7.76. The summed E-state index contributed by atoms with van der Waals surface area (Å²) >= 11 is 0. The summed E-state index contributed by atoms with van der Waals surface area (Å²) in [7, 11) is 1.50. The van der Waals surface area contributed by atoms with E-state index in [-0.39, 0.29) is 11.4 Å². The molecule has 2 aromatic carbocycles. The number of nitrogens with one attached hydrogen (secondary N) is 2. The summed E-state index contributed by atoms with van der Waals surface area (Å²) in [4.78, 5) is 23.5. The van der Waals surface area contributed by atoms with E-state index < -0.39 is 24.1 Å². The van der Waals surface area contributed by atoms with Gasteiger partial charge in [0.2, 0.25) is 0 Å². The number of hydrogen-bond acceptors (Lipinski definition) is 3. The molecule has 4 N–H and O–H groups in total. The minimum Gasteiger partial charge on any atom is -0.482 e. The number of ether oxygens (including phenoxy) is 1. The Labute approximate surface area is 144 Å². The monoisotopic (exact) mass is 343 g/mol. The first-order chi connectivity index (χ1) is 11.9. The SMILES string of the molecule is CNC(=O)NC1c2cccc(C(N)=O)c2OC1c1ccc(F)c(C)c1.